The number of ether oxygens (including phenoxy) is 1. The number of carbonyl (C=O) groups excluding carboxylic acids is 1. The molecule has 1 amide bonds. The van der Waals surface area contributed by atoms with E-state index in [-0.39, 0.29) is 18.1 Å². The first kappa shape index (κ1) is 26.5. The van der Waals surface area contributed by atoms with Crippen LogP contribution in [0.4, 0.5) is 13.5 Å². The third-order valence-corrected chi connectivity index (χ3v) is 5.10. The van der Waals surface area contributed by atoms with Gasteiger partial charge in [0.2, 0.25) is 5.91 Å². The summed E-state index contributed by atoms with van der Waals surface area (Å²) in [4.78, 5) is 16.7. The van der Waals surface area contributed by atoms with Crippen molar-refractivity contribution in [2.45, 2.75) is 38.6 Å². The molecule has 1 N–H and O–H groups in total. The van der Waals surface area contributed by atoms with Crippen molar-refractivity contribution in [2.24, 2.45) is 5.92 Å². The Hall–Kier alpha value is -1.54. The highest BCUT2D eigenvalue weighted by Crippen LogP contribution is 2.23. The fourth-order valence-electron chi connectivity index (χ4n) is 3.50. The van der Waals surface area contributed by atoms with Gasteiger partial charge in [-0.1, -0.05) is 12.2 Å². The molecule has 0 aliphatic carbocycles. The molecular formula is C20H38F3N3O2. The second kappa shape index (κ2) is 15.4. The molecule has 0 bridgehead atoms. The summed E-state index contributed by atoms with van der Waals surface area (Å²) in [5.74, 6) is 0.687. The standard InChI is InChI=1S/C19H32FN3O2.CH3F.FH.H2/c1-3-4-6-17(13-20)22(2)15-21-19(24)18-7-5-10-23(18)14-16-8-11-25-12-9-16;1-2;;/h3-4,6,16,18H,5,7-15H2,1-2H3,(H,21,24);1H3;2*1H/b4-3-,17-6-;;;/t18-;;;/m0.../s1. The Labute approximate surface area is 168 Å². The molecular weight excluding hydrogens is 371 g/mol. The monoisotopic (exact) mass is 409 g/mol. The zero-order chi connectivity index (χ0) is 20.1. The number of nitrogens with zero attached hydrogens (tertiary/aromatic N) is 2. The SMILES string of the molecule is C/C=C\C=C(\CF)N(C)CNC(=O)[C@@H]1CCCN1CC1CCOCC1.CF.F.[HH]. The van der Waals surface area contributed by atoms with E-state index in [1.807, 2.05) is 13.0 Å². The number of allylic oxidation sites excluding steroid dienone is 4. The van der Waals surface area contributed by atoms with E-state index in [9.17, 15) is 13.6 Å². The molecule has 0 unspecified atom stereocenters. The summed E-state index contributed by atoms with van der Waals surface area (Å²) in [5.41, 5.74) is 0.559. The molecule has 0 aromatic rings. The second-order valence-corrected chi connectivity index (χ2v) is 6.92. The molecule has 2 fully saturated rings. The molecule has 2 heterocycles. The Morgan fingerprint density at radius 3 is 2.61 bits per heavy atom. The van der Waals surface area contributed by atoms with Gasteiger partial charge in [-0.25, -0.2) is 4.39 Å². The van der Waals surface area contributed by atoms with Crippen molar-refractivity contribution in [3.05, 3.63) is 23.9 Å². The maximum atomic E-state index is 13.1. The Morgan fingerprint density at radius 2 is 2.00 bits per heavy atom. The van der Waals surface area contributed by atoms with Crippen molar-refractivity contribution >= 4 is 5.91 Å². The van der Waals surface area contributed by atoms with Crippen LogP contribution in [0.15, 0.2) is 23.9 Å². The number of hydrogen-bond donors (Lipinski definition) is 1. The number of rotatable bonds is 8. The fourth-order valence-corrected chi connectivity index (χ4v) is 3.50. The summed E-state index contributed by atoms with van der Waals surface area (Å²) in [5, 5.41) is 2.97. The first-order valence-corrected chi connectivity index (χ1v) is 9.72. The number of amides is 1. The van der Waals surface area contributed by atoms with Gasteiger partial charge in [-0.15, -0.1) is 0 Å². The van der Waals surface area contributed by atoms with E-state index < -0.39 is 6.67 Å². The van der Waals surface area contributed by atoms with Gasteiger partial charge in [0.15, 0.2) is 0 Å². The predicted molar refractivity (Wildman–Crippen MR) is 109 cm³/mol. The van der Waals surface area contributed by atoms with Crippen molar-refractivity contribution < 1.29 is 24.4 Å². The van der Waals surface area contributed by atoms with Crippen molar-refractivity contribution in [1.82, 2.24) is 15.1 Å². The molecule has 1 atom stereocenters. The molecule has 8 heteroatoms. The highest BCUT2D eigenvalue weighted by molar-refractivity contribution is 5.82. The van der Waals surface area contributed by atoms with Crippen LogP contribution in [-0.4, -0.2) is 75.6 Å². The molecule has 0 saturated carbocycles. The minimum atomic E-state index is -0.546. The van der Waals surface area contributed by atoms with Gasteiger partial charge in [0.05, 0.1) is 19.9 Å². The molecule has 0 aromatic carbocycles. The average Bonchev–Trinajstić information content (AvgIpc) is 3.17. The second-order valence-electron chi connectivity index (χ2n) is 6.92. The number of nitrogens with one attached hydrogen (secondary N) is 1. The molecule has 166 valence electrons. The van der Waals surface area contributed by atoms with Crippen LogP contribution in [0.3, 0.4) is 0 Å². The third-order valence-electron chi connectivity index (χ3n) is 5.10. The van der Waals surface area contributed by atoms with Gasteiger partial charge in [0, 0.05) is 33.9 Å². The minimum absolute atomic E-state index is 0. The van der Waals surface area contributed by atoms with Crippen LogP contribution in [-0.2, 0) is 9.53 Å². The van der Waals surface area contributed by atoms with Crippen molar-refractivity contribution in [1.29, 1.82) is 0 Å². The molecule has 28 heavy (non-hydrogen) atoms. The first-order chi connectivity index (χ1) is 13.2. The number of likely N-dealkylation sites (tertiary alicyclic amines) is 1. The molecule has 2 saturated heterocycles. The zero-order valence-electron chi connectivity index (χ0n) is 17.3. The lowest BCUT2D eigenvalue weighted by Gasteiger charge is -2.31. The van der Waals surface area contributed by atoms with Gasteiger partial charge in [-0.3, -0.25) is 18.8 Å². The van der Waals surface area contributed by atoms with Crippen LogP contribution in [0.2, 0.25) is 0 Å². The Kier molecular flexibility index (Phi) is 14.5. The summed E-state index contributed by atoms with van der Waals surface area (Å²) < 4.78 is 28.0. The third kappa shape index (κ3) is 8.65. The van der Waals surface area contributed by atoms with Gasteiger partial charge in [0.25, 0.3) is 0 Å². The van der Waals surface area contributed by atoms with Crippen LogP contribution in [0.25, 0.3) is 0 Å². The van der Waals surface area contributed by atoms with E-state index in [1.54, 1.807) is 24.1 Å². The highest BCUT2D eigenvalue weighted by atomic mass is 19.1. The van der Waals surface area contributed by atoms with E-state index in [0.29, 0.717) is 25.5 Å². The topological polar surface area (TPSA) is 44.8 Å². The Morgan fingerprint density at radius 1 is 1.32 bits per heavy atom. The van der Waals surface area contributed by atoms with Gasteiger partial charge >= 0.3 is 0 Å². The van der Waals surface area contributed by atoms with Crippen LogP contribution in [0.5, 0.6) is 0 Å². The quantitative estimate of drug-likeness (QED) is 0.494. The van der Waals surface area contributed by atoms with Gasteiger partial charge in [-0.2, -0.15) is 0 Å². The lowest BCUT2D eigenvalue weighted by atomic mass is 9.99. The number of alkyl halides is 2. The van der Waals surface area contributed by atoms with E-state index in [0.717, 1.165) is 52.0 Å². The molecule has 5 nitrogen and oxygen atoms in total. The predicted octanol–water partition coefficient (Wildman–Crippen LogP) is 3.30. The van der Waals surface area contributed by atoms with Crippen molar-refractivity contribution in [3.8, 4) is 0 Å². The van der Waals surface area contributed by atoms with Crippen LogP contribution < -0.4 is 5.32 Å². The molecule has 2 rings (SSSR count). The van der Waals surface area contributed by atoms with Gasteiger partial charge < -0.3 is 15.0 Å². The van der Waals surface area contributed by atoms with Crippen molar-refractivity contribution in [2.75, 3.05) is 53.9 Å². The molecule has 2 aliphatic rings. The number of hydrogen-bond acceptors (Lipinski definition) is 4. The Bertz CT molecular complexity index is 490. The molecule has 0 radical (unpaired) electrons. The van der Waals surface area contributed by atoms with Crippen LogP contribution in [0.1, 0.15) is 34.0 Å². The van der Waals surface area contributed by atoms with E-state index in [1.165, 1.54) is 0 Å². The van der Waals surface area contributed by atoms with E-state index >= 15 is 0 Å². The fraction of sp³-hybridized carbons (Fsp3) is 0.750. The Balaban J connectivity index is 0. The smallest absolute Gasteiger partial charge is 0.238 e. The number of halogens is 3. The minimum Gasteiger partial charge on any atom is -0.381 e. The van der Waals surface area contributed by atoms with Crippen LogP contribution in [0, 0.1) is 5.92 Å². The zero-order valence-corrected chi connectivity index (χ0v) is 17.3. The maximum Gasteiger partial charge on any atom is 0.238 e. The molecule has 0 spiro atoms. The highest BCUT2D eigenvalue weighted by Gasteiger charge is 2.32. The van der Waals surface area contributed by atoms with Crippen molar-refractivity contribution in [3.63, 3.8) is 0 Å². The lowest BCUT2D eigenvalue weighted by molar-refractivity contribution is -0.126. The largest absolute Gasteiger partial charge is 0.381 e. The summed E-state index contributed by atoms with van der Waals surface area (Å²) in [7, 11) is 2.30. The number of carbonyl (C=O) groups is 1. The van der Waals surface area contributed by atoms with Gasteiger partial charge in [0.1, 0.15) is 6.67 Å². The summed E-state index contributed by atoms with van der Waals surface area (Å²) in [6.07, 6.45) is 9.54. The average molecular weight is 410 g/mol. The molecule has 0 aromatic heterocycles. The van der Waals surface area contributed by atoms with E-state index in [4.69, 9.17) is 4.74 Å². The van der Waals surface area contributed by atoms with E-state index in [2.05, 4.69) is 10.2 Å². The maximum absolute atomic E-state index is 13.1. The summed E-state index contributed by atoms with van der Waals surface area (Å²) in [6, 6.07) is -0.0513. The van der Waals surface area contributed by atoms with Crippen LogP contribution >= 0.6 is 0 Å². The molecule has 2 aliphatic heterocycles. The summed E-state index contributed by atoms with van der Waals surface area (Å²) in [6.45, 7) is 5.32. The summed E-state index contributed by atoms with van der Waals surface area (Å²) >= 11 is 0. The lowest BCUT2D eigenvalue weighted by Crippen LogP contribution is -2.47. The first-order valence-electron chi connectivity index (χ1n) is 9.72. The van der Waals surface area contributed by atoms with Gasteiger partial charge in [-0.05, 0) is 51.1 Å². The normalized spacial score (nSPS) is 21.0.